The fraction of sp³-hybridized carbons (Fsp3) is 0.286. The zero-order valence-corrected chi connectivity index (χ0v) is 13.5. The molecule has 1 aliphatic heterocycles. The molecule has 5 heteroatoms. The maximum atomic E-state index is 13.1. The highest BCUT2D eigenvalue weighted by atomic mass is 79.9. The molecule has 1 aromatic carbocycles. The van der Waals surface area contributed by atoms with E-state index in [2.05, 4.69) is 39.6 Å². The fourth-order valence-corrected chi connectivity index (χ4v) is 5.31. The Morgan fingerprint density at radius 3 is 3.00 bits per heavy atom. The summed E-state index contributed by atoms with van der Waals surface area (Å²) in [5.41, 5.74) is 2.31. The third-order valence-corrected chi connectivity index (χ3v) is 6.17. The number of halogens is 2. The summed E-state index contributed by atoms with van der Waals surface area (Å²) < 4.78 is 15.3. The second-order valence-corrected chi connectivity index (χ2v) is 8.13. The summed E-state index contributed by atoms with van der Waals surface area (Å²) in [5, 5.41) is 6.27. The van der Waals surface area contributed by atoms with Gasteiger partial charge in [0.05, 0.1) is 10.3 Å². The van der Waals surface area contributed by atoms with Crippen molar-refractivity contribution >= 4 is 44.7 Å². The molecule has 3 rings (SSSR count). The summed E-state index contributed by atoms with van der Waals surface area (Å²) in [6, 6.07) is 7.27. The van der Waals surface area contributed by atoms with Crippen LogP contribution in [0.2, 0.25) is 0 Å². The number of anilines is 1. The Balaban J connectivity index is 1.88. The summed E-state index contributed by atoms with van der Waals surface area (Å²) in [4.78, 5) is 0. The molecule has 2 atom stereocenters. The summed E-state index contributed by atoms with van der Waals surface area (Å²) in [6.45, 7) is 2.25. The predicted octanol–water partition coefficient (Wildman–Crippen LogP) is 5.69. The van der Waals surface area contributed by atoms with E-state index in [4.69, 9.17) is 0 Å². The molecule has 100 valence electrons. The van der Waals surface area contributed by atoms with Crippen molar-refractivity contribution in [1.82, 2.24) is 0 Å². The van der Waals surface area contributed by atoms with Crippen LogP contribution in [-0.4, -0.2) is 5.25 Å². The summed E-state index contributed by atoms with van der Waals surface area (Å²) >= 11 is 7.16. The Hall–Kier alpha value is -0.520. The number of thioether (sulfide) groups is 1. The van der Waals surface area contributed by atoms with Gasteiger partial charge >= 0.3 is 0 Å². The lowest BCUT2D eigenvalue weighted by Crippen LogP contribution is -2.19. The highest BCUT2D eigenvalue weighted by molar-refractivity contribution is 9.10. The molecule has 19 heavy (non-hydrogen) atoms. The average molecular weight is 358 g/mol. The first kappa shape index (κ1) is 13.5. The third-order valence-electron chi connectivity index (χ3n) is 3.17. The molecular formula is C14H13BrFNS2. The molecule has 0 fully saturated rings. The van der Waals surface area contributed by atoms with Gasteiger partial charge in [-0.15, -0.1) is 23.1 Å². The van der Waals surface area contributed by atoms with Crippen molar-refractivity contribution < 1.29 is 4.39 Å². The fourth-order valence-electron chi connectivity index (χ4n) is 2.28. The molecule has 0 saturated heterocycles. The van der Waals surface area contributed by atoms with Crippen molar-refractivity contribution in [3.05, 3.63) is 45.5 Å². The van der Waals surface area contributed by atoms with E-state index < -0.39 is 0 Å². The van der Waals surface area contributed by atoms with E-state index in [1.54, 1.807) is 17.4 Å². The molecule has 1 unspecified atom stereocenters. The molecule has 2 heterocycles. The van der Waals surface area contributed by atoms with Crippen molar-refractivity contribution in [2.45, 2.75) is 28.8 Å². The molecule has 0 radical (unpaired) electrons. The van der Waals surface area contributed by atoms with E-state index in [1.807, 2.05) is 11.8 Å². The van der Waals surface area contributed by atoms with Gasteiger partial charge in [0.15, 0.2) is 0 Å². The zero-order chi connectivity index (χ0) is 13.4. The highest BCUT2D eigenvalue weighted by Crippen LogP contribution is 2.45. The minimum absolute atomic E-state index is 0.221. The maximum Gasteiger partial charge on any atom is 0.124 e. The molecule has 0 amide bonds. The molecule has 0 saturated carbocycles. The predicted molar refractivity (Wildman–Crippen MR) is 84.7 cm³/mol. The number of thiophene rings is 1. The van der Waals surface area contributed by atoms with Crippen molar-refractivity contribution in [1.29, 1.82) is 0 Å². The molecule has 2 aromatic rings. The van der Waals surface area contributed by atoms with Crippen LogP contribution >= 0.6 is 39.0 Å². The van der Waals surface area contributed by atoms with E-state index in [1.165, 1.54) is 21.9 Å². The highest BCUT2D eigenvalue weighted by Gasteiger charge is 2.26. The monoisotopic (exact) mass is 357 g/mol. The van der Waals surface area contributed by atoms with Crippen LogP contribution in [-0.2, 0) is 0 Å². The van der Waals surface area contributed by atoms with Crippen molar-refractivity contribution in [2.75, 3.05) is 5.32 Å². The van der Waals surface area contributed by atoms with E-state index in [0.29, 0.717) is 11.3 Å². The smallest absolute Gasteiger partial charge is 0.124 e. The second-order valence-electron chi connectivity index (χ2n) is 4.65. The van der Waals surface area contributed by atoms with Gasteiger partial charge in [0.25, 0.3) is 0 Å². The molecule has 0 bridgehead atoms. The van der Waals surface area contributed by atoms with Gasteiger partial charge in [-0.3, -0.25) is 0 Å². The largest absolute Gasteiger partial charge is 0.377 e. The molecular weight excluding hydrogens is 345 g/mol. The van der Waals surface area contributed by atoms with Crippen molar-refractivity contribution in [3.63, 3.8) is 0 Å². The SMILES string of the molecule is C[C@H]1CC(Nc2ccc(F)cc2Br)c2ccsc2S1. The van der Waals surface area contributed by atoms with Gasteiger partial charge in [-0.1, -0.05) is 6.92 Å². The standard InChI is InChI=1S/C14H13BrFNS2/c1-8-6-13(10-4-5-18-14(10)19-8)17-12-3-2-9(16)7-11(12)15/h2-5,7-8,13,17H,6H2,1H3/t8-,13?/m0/s1. The Morgan fingerprint density at radius 2 is 2.21 bits per heavy atom. The number of benzene rings is 1. The minimum atomic E-state index is -0.221. The number of rotatable bonds is 2. The van der Waals surface area contributed by atoms with Gasteiger partial charge in [-0.05, 0) is 57.6 Å². The number of nitrogens with one attached hydrogen (secondary N) is 1. The normalized spacial score (nSPS) is 22.1. The van der Waals surface area contributed by atoms with E-state index >= 15 is 0 Å². The van der Waals surface area contributed by atoms with E-state index in [0.717, 1.165) is 16.6 Å². The molecule has 0 aliphatic carbocycles. The van der Waals surface area contributed by atoms with Crippen molar-refractivity contribution in [3.8, 4) is 0 Å². The van der Waals surface area contributed by atoms with E-state index in [-0.39, 0.29) is 5.82 Å². The lowest BCUT2D eigenvalue weighted by Gasteiger charge is -2.28. The van der Waals surface area contributed by atoms with E-state index in [9.17, 15) is 4.39 Å². The second kappa shape index (κ2) is 5.46. The minimum Gasteiger partial charge on any atom is -0.377 e. The van der Waals surface area contributed by atoms with Gasteiger partial charge in [-0.2, -0.15) is 0 Å². The van der Waals surface area contributed by atoms with Crippen LogP contribution < -0.4 is 5.32 Å². The van der Waals surface area contributed by atoms with Gasteiger partial charge in [-0.25, -0.2) is 4.39 Å². The van der Waals surface area contributed by atoms with Crippen LogP contribution in [0.1, 0.15) is 24.9 Å². The first-order valence-corrected chi connectivity index (χ1v) is 8.64. The van der Waals surface area contributed by atoms with Crippen LogP contribution in [0, 0.1) is 5.82 Å². The molecule has 1 nitrogen and oxygen atoms in total. The summed E-state index contributed by atoms with van der Waals surface area (Å²) in [6.07, 6.45) is 1.08. The number of fused-ring (bicyclic) bond motifs is 1. The van der Waals surface area contributed by atoms with Crippen LogP contribution in [0.3, 0.4) is 0 Å². The first-order chi connectivity index (χ1) is 9.13. The Morgan fingerprint density at radius 1 is 1.37 bits per heavy atom. The number of hydrogen-bond acceptors (Lipinski definition) is 3. The Bertz CT molecular complexity index is 599. The molecule has 0 spiro atoms. The third kappa shape index (κ3) is 2.83. The van der Waals surface area contributed by atoms with Crippen LogP contribution in [0.5, 0.6) is 0 Å². The topological polar surface area (TPSA) is 12.0 Å². The van der Waals surface area contributed by atoms with Crippen LogP contribution in [0.15, 0.2) is 38.3 Å². The van der Waals surface area contributed by atoms with Gasteiger partial charge in [0, 0.05) is 15.4 Å². The number of hydrogen-bond donors (Lipinski definition) is 1. The van der Waals surface area contributed by atoms with Crippen LogP contribution in [0.25, 0.3) is 0 Å². The molecule has 1 aliphatic rings. The lowest BCUT2D eigenvalue weighted by molar-refractivity contribution is 0.626. The average Bonchev–Trinajstić information content (AvgIpc) is 2.80. The van der Waals surface area contributed by atoms with Gasteiger partial charge < -0.3 is 5.32 Å². The molecule has 1 aromatic heterocycles. The summed E-state index contributed by atoms with van der Waals surface area (Å²) in [5.74, 6) is -0.221. The van der Waals surface area contributed by atoms with Crippen molar-refractivity contribution in [2.24, 2.45) is 0 Å². The quantitative estimate of drug-likeness (QED) is 0.740. The van der Waals surface area contributed by atoms with Gasteiger partial charge in [0.2, 0.25) is 0 Å². The summed E-state index contributed by atoms with van der Waals surface area (Å²) in [7, 11) is 0. The maximum absolute atomic E-state index is 13.1. The van der Waals surface area contributed by atoms with Crippen LogP contribution in [0.4, 0.5) is 10.1 Å². The Labute approximate surface area is 128 Å². The first-order valence-electron chi connectivity index (χ1n) is 6.09. The lowest BCUT2D eigenvalue weighted by atomic mass is 10.0. The van der Waals surface area contributed by atoms with Gasteiger partial charge in [0.1, 0.15) is 5.82 Å². The molecule has 1 N–H and O–H groups in total. The Kier molecular flexibility index (Phi) is 3.87. The zero-order valence-electron chi connectivity index (χ0n) is 10.3.